The van der Waals surface area contributed by atoms with Gasteiger partial charge in [-0.2, -0.15) is 10.5 Å². The summed E-state index contributed by atoms with van der Waals surface area (Å²) in [6.07, 6.45) is 0. The van der Waals surface area contributed by atoms with E-state index in [0.29, 0.717) is 16.7 Å². The Morgan fingerprint density at radius 3 is 2.32 bits per heavy atom. The molecule has 2 aliphatic heterocycles. The van der Waals surface area contributed by atoms with E-state index in [9.17, 15) is 15.3 Å². The van der Waals surface area contributed by atoms with E-state index in [-0.39, 0.29) is 22.8 Å². The van der Waals surface area contributed by atoms with Crippen LogP contribution in [0.25, 0.3) is 5.76 Å². The molecule has 0 aromatic heterocycles. The van der Waals surface area contributed by atoms with Crippen molar-refractivity contribution in [2.75, 3.05) is 0 Å². The average molecular weight is 432 g/mol. The summed E-state index contributed by atoms with van der Waals surface area (Å²) in [4.78, 5) is 13.6. The first-order chi connectivity index (χ1) is 13.5. The predicted molar refractivity (Wildman–Crippen MR) is 101 cm³/mol. The molecule has 0 amide bonds. The molecule has 6 nitrogen and oxygen atoms in total. The lowest BCUT2D eigenvalue weighted by atomic mass is 9.69. The quantitative estimate of drug-likeness (QED) is 0.739. The van der Waals surface area contributed by atoms with Gasteiger partial charge in [-0.1, -0.05) is 52.3 Å². The second-order valence-corrected chi connectivity index (χ2v) is 7.53. The highest BCUT2D eigenvalue weighted by Crippen LogP contribution is 2.70. The number of ether oxygens (including phenoxy) is 2. The van der Waals surface area contributed by atoms with Gasteiger partial charge >= 0.3 is 5.79 Å². The third-order valence-electron chi connectivity index (χ3n) is 5.41. The number of hydrogen-bond acceptors (Lipinski definition) is 6. The number of rotatable bonds is 1. The number of nitrogens with two attached hydrogens (primary N) is 1. The summed E-state index contributed by atoms with van der Waals surface area (Å²) in [6, 6.07) is 18.0. The smallest absolute Gasteiger partial charge is 0.303 e. The first-order valence-corrected chi connectivity index (χ1v) is 9.14. The van der Waals surface area contributed by atoms with E-state index in [1.54, 1.807) is 48.5 Å². The Balaban J connectivity index is 1.89. The van der Waals surface area contributed by atoms with Crippen molar-refractivity contribution < 1.29 is 14.3 Å². The van der Waals surface area contributed by atoms with E-state index in [4.69, 9.17) is 15.2 Å². The minimum Gasteiger partial charge on any atom is -0.445 e. The Kier molecular flexibility index (Phi) is 3.11. The molecule has 2 atom stereocenters. The van der Waals surface area contributed by atoms with Gasteiger partial charge in [0.15, 0.2) is 11.2 Å². The van der Waals surface area contributed by atoms with Gasteiger partial charge in [0.2, 0.25) is 5.88 Å². The maximum absolute atomic E-state index is 13.6. The van der Waals surface area contributed by atoms with E-state index in [2.05, 4.69) is 22.0 Å². The molecule has 7 heteroatoms. The third-order valence-corrected chi connectivity index (χ3v) is 5.94. The second kappa shape index (κ2) is 5.25. The molecule has 2 N–H and O–H groups in total. The van der Waals surface area contributed by atoms with Crippen LogP contribution in [0.1, 0.15) is 21.5 Å². The number of carbonyl (C=O) groups is 1. The Labute approximate surface area is 168 Å². The first-order valence-electron chi connectivity index (χ1n) is 8.34. The molecule has 0 radical (unpaired) electrons. The number of halogens is 1. The van der Waals surface area contributed by atoms with Crippen molar-refractivity contribution in [1.82, 2.24) is 0 Å². The molecule has 2 aromatic carbocycles. The van der Waals surface area contributed by atoms with Gasteiger partial charge in [0.25, 0.3) is 0 Å². The summed E-state index contributed by atoms with van der Waals surface area (Å²) in [5, 5.41) is 19.9. The van der Waals surface area contributed by atoms with Crippen LogP contribution in [0.2, 0.25) is 0 Å². The van der Waals surface area contributed by atoms with Crippen molar-refractivity contribution in [2.45, 2.75) is 5.79 Å². The summed E-state index contributed by atoms with van der Waals surface area (Å²) in [5.41, 5.74) is 5.54. The number of fused-ring (bicyclic) bond motifs is 1. The minimum atomic E-state index is -1.74. The highest BCUT2D eigenvalue weighted by molar-refractivity contribution is 9.10. The Bertz CT molecular complexity index is 1230. The number of nitriles is 2. The van der Waals surface area contributed by atoms with Crippen LogP contribution in [-0.2, 0) is 15.3 Å². The maximum atomic E-state index is 13.6. The van der Waals surface area contributed by atoms with Gasteiger partial charge in [0.05, 0.1) is 0 Å². The van der Waals surface area contributed by atoms with Crippen LogP contribution in [0.5, 0.6) is 0 Å². The molecule has 134 valence electrons. The fraction of sp³-hybridized carbons (Fsp3) is 0.0952. The van der Waals surface area contributed by atoms with Crippen molar-refractivity contribution in [3.05, 3.63) is 86.7 Å². The number of hydrogen-bond donors (Lipinski definition) is 1. The molecule has 0 saturated heterocycles. The Hall–Kier alpha value is -3.55. The lowest BCUT2D eigenvalue weighted by molar-refractivity contribution is -0.184. The van der Waals surface area contributed by atoms with Crippen LogP contribution in [0, 0.1) is 28.1 Å². The summed E-state index contributed by atoms with van der Waals surface area (Å²) in [7, 11) is 0. The zero-order chi connectivity index (χ0) is 19.7. The van der Waals surface area contributed by atoms with Gasteiger partial charge in [0.1, 0.15) is 29.0 Å². The van der Waals surface area contributed by atoms with Crippen molar-refractivity contribution in [2.24, 2.45) is 11.1 Å². The lowest BCUT2D eigenvalue weighted by Gasteiger charge is -2.31. The van der Waals surface area contributed by atoms with Crippen molar-refractivity contribution in [3.63, 3.8) is 0 Å². The van der Waals surface area contributed by atoms with Crippen LogP contribution in [-0.4, -0.2) is 5.78 Å². The molecule has 1 aliphatic carbocycles. The Morgan fingerprint density at radius 1 is 0.964 bits per heavy atom. The highest BCUT2D eigenvalue weighted by atomic mass is 79.9. The van der Waals surface area contributed by atoms with E-state index < -0.39 is 17.0 Å². The first kappa shape index (κ1) is 16.6. The molecule has 0 spiro atoms. The van der Waals surface area contributed by atoms with E-state index in [1.165, 1.54) is 0 Å². The zero-order valence-electron chi connectivity index (χ0n) is 14.2. The second-order valence-electron chi connectivity index (χ2n) is 6.62. The monoisotopic (exact) mass is 431 g/mol. The number of Topliss-reactive ketones (excluding diaryl/α,β-unsaturated/α-hetero) is 1. The topological polar surface area (TPSA) is 109 Å². The predicted octanol–water partition coefficient (Wildman–Crippen LogP) is 3.47. The number of nitrogens with zero attached hydrogens (tertiary/aromatic N) is 2. The maximum Gasteiger partial charge on any atom is 0.303 e. The fourth-order valence-corrected chi connectivity index (χ4v) is 4.58. The van der Waals surface area contributed by atoms with Crippen LogP contribution in [0.15, 0.2) is 70.0 Å². The van der Waals surface area contributed by atoms with Gasteiger partial charge in [-0.05, 0) is 12.1 Å². The molecule has 3 aliphatic rings. The van der Waals surface area contributed by atoms with Gasteiger partial charge in [-0.25, -0.2) is 0 Å². The van der Waals surface area contributed by atoms with Gasteiger partial charge < -0.3 is 15.2 Å². The minimum absolute atomic E-state index is 0.0213. The van der Waals surface area contributed by atoms with E-state index in [1.807, 2.05) is 6.07 Å². The van der Waals surface area contributed by atoms with Crippen molar-refractivity contribution in [3.8, 4) is 12.1 Å². The lowest BCUT2D eigenvalue weighted by Crippen LogP contribution is -2.43. The standard InChI is InChI=1S/C21H10BrN3O3/c22-12-7-5-11(6-8-12)17-15(9-23)20-16(10-24)19(25)28-21(20,27-17)14-4-2-1-3-13(14)18(20)26/h1-8H,25H2/t20-,21+/m0/s1. The van der Waals surface area contributed by atoms with Gasteiger partial charge in [0, 0.05) is 21.2 Å². The van der Waals surface area contributed by atoms with Crippen LogP contribution in [0.3, 0.4) is 0 Å². The Morgan fingerprint density at radius 2 is 1.64 bits per heavy atom. The molecule has 5 rings (SSSR count). The van der Waals surface area contributed by atoms with Crippen LogP contribution < -0.4 is 5.73 Å². The van der Waals surface area contributed by atoms with Crippen molar-refractivity contribution >= 4 is 27.5 Å². The summed E-state index contributed by atoms with van der Waals surface area (Å²) in [6.45, 7) is 0. The summed E-state index contributed by atoms with van der Waals surface area (Å²) >= 11 is 3.37. The van der Waals surface area contributed by atoms with Crippen LogP contribution >= 0.6 is 15.9 Å². The number of carbonyl (C=O) groups excluding carboxylic acids is 1. The molecule has 0 saturated carbocycles. The number of ketones is 1. The molecule has 0 fully saturated rings. The van der Waals surface area contributed by atoms with Gasteiger partial charge in [-0.3, -0.25) is 4.79 Å². The largest absolute Gasteiger partial charge is 0.445 e. The molecule has 0 unspecified atom stereocenters. The molecule has 28 heavy (non-hydrogen) atoms. The van der Waals surface area contributed by atoms with E-state index in [0.717, 1.165) is 4.47 Å². The average Bonchev–Trinajstić information content (AvgIpc) is 3.20. The SMILES string of the molecule is N#CC1=C(N)O[C@@]23OC(c4ccc(Br)cc4)=C(C#N)[C@@]12C(=O)c1ccccc13. The normalized spacial score (nSPS) is 26.8. The molecular weight excluding hydrogens is 422 g/mol. The molecule has 2 heterocycles. The summed E-state index contributed by atoms with van der Waals surface area (Å²) in [5.74, 6) is -2.11. The van der Waals surface area contributed by atoms with Crippen molar-refractivity contribution in [1.29, 1.82) is 10.5 Å². The van der Waals surface area contributed by atoms with Gasteiger partial charge in [-0.15, -0.1) is 0 Å². The van der Waals surface area contributed by atoms with E-state index >= 15 is 0 Å². The van der Waals surface area contributed by atoms with Crippen LogP contribution in [0.4, 0.5) is 0 Å². The third kappa shape index (κ3) is 1.60. The molecule has 0 bridgehead atoms. The summed E-state index contributed by atoms with van der Waals surface area (Å²) < 4.78 is 13.0. The highest BCUT2D eigenvalue weighted by Gasteiger charge is 2.80. The molecule has 2 aromatic rings. The molecular formula is C21H10BrN3O3. The fourth-order valence-electron chi connectivity index (χ4n) is 4.32. The number of benzene rings is 2. The zero-order valence-corrected chi connectivity index (χ0v) is 15.8.